The van der Waals surface area contributed by atoms with Crippen LogP contribution in [-0.2, 0) is 0 Å². The summed E-state index contributed by atoms with van der Waals surface area (Å²) in [6.07, 6.45) is -0.864. The Balaban J connectivity index is 1.17. The van der Waals surface area contributed by atoms with Crippen molar-refractivity contribution in [2.75, 3.05) is 13.2 Å². The van der Waals surface area contributed by atoms with Crippen LogP contribution in [0.5, 0.6) is 17.2 Å². The van der Waals surface area contributed by atoms with Gasteiger partial charge in [0.25, 0.3) is 0 Å². The Hall–Kier alpha value is -6.31. The smallest absolute Gasteiger partial charge is 0.167 e. The highest BCUT2D eigenvalue weighted by Gasteiger charge is 2.16. The number of hydrogen-bond donors (Lipinski definition) is 2. The topological polar surface area (TPSA) is 97.6 Å². The minimum atomic E-state index is -0.864. The van der Waals surface area contributed by atoms with E-state index in [4.69, 9.17) is 24.4 Å². The highest BCUT2D eigenvalue weighted by molar-refractivity contribution is 5.73. The van der Waals surface area contributed by atoms with Gasteiger partial charge in [0, 0.05) is 17.2 Å². The molecule has 0 saturated carbocycles. The third kappa shape index (κ3) is 7.64. The van der Waals surface area contributed by atoms with Crippen LogP contribution in [0.4, 0.5) is 0 Å². The van der Waals surface area contributed by atoms with Gasteiger partial charge in [-0.15, -0.1) is 0 Å². The van der Waals surface area contributed by atoms with Gasteiger partial charge in [-0.3, -0.25) is 0 Å². The van der Waals surface area contributed by atoms with Crippen molar-refractivity contribution in [3.8, 4) is 73.7 Å². The number of para-hydroxylation sites is 1. The van der Waals surface area contributed by atoms with Gasteiger partial charge < -0.3 is 19.7 Å². The minimum Gasteiger partial charge on any atom is -0.507 e. The maximum absolute atomic E-state index is 11.1. The van der Waals surface area contributed by atoms with Gasteiger partial charge in [0.2, 0.25) is 0 Å². The van der Waals surface area contributed by atoms with Crippen LogP contribution in [0.25, 0.3) is 56.4 Å². The quantitative estimate of drug-likeness (QED) is 0.145. The molecule has 0 radical (unpaired) electrons. The first kappa shape index (κ1) is 31.3. The van der Waals surface area contributed by atoms with E-state index in [2.05, 4.69) is 24.3 Å². The Labute approximate surface area is 284 Å². The molecule has 1 unspecified atom stereocenters. The van der Waals surface area contributed by atoms with Crippen LogP contribution < -0.4 is 9.47 Å². The molecule has 0 fully saturated rings. The number of aliphatic hydroxyl groups excluding tert-OH is 1. The van der Waals surface area contributed by atoms with E-state index in [9.17, 15) is 10.2 Å². The van der Waals surface area contributed by atoms with E-state index in [0.29, 0.717) is 34.5 Å². The first-order valence-electron chi connectivity index (χ1n) is 16.0. The van der Waals surface area contributed by atoms with E-state index >= 15 is 0 Å². The maximum Gasteiger partial charge on any atom is 0.167 e. The Kier molecular flexibility index (Phi) is 9.34. The van der Waals surface area contributed by atoms with Crippen LogP contribution in [-0.4, -0.2) is 44.5 Å². The van der Waals surface area contributed by atoms with Crippen molar-refractivity contribution in [1.82, 2.24) is 15.0 Å². The van der Waals surface area contributed by atoms with Crippen LogP contribution in [0.3, 0.4) is 0 Å². The molecule has 0 spiro atoms. The zero-order chi connectivity index (χ0) is 33.4. The van der Waals surface area contributed by atoms with E-state index < -0.39 is 6.10 Å². The summed E-state index contributed by atoms with van der Waals surface area (Å²) in [5.41, 5.74) is 6.46. The second-order valence-electron chi connectivity index (χ2n) is 11.5. The molecule has 0 aliphatic carbocycles. The standard InChI is InChI=1S/C42H33N3O4/c46-35(27-48-36-14-8-3-9-15-36)28-49-37-24-25-38(39(47)26-37)42-44-40(33-20-16-31(17-21-33)29-10-4-1-5-11-29)43-41(45-42)34-22-18-32(19-23-34)30-12-6-2-7-13-30/h1-26,35,46-47H,27-28H2. The zero-order valence-corrected chi connectivity index (χ0v) is 26.6. The Bertz CT molecular complexity index is 2020. The van der Waals surface area contributed by atoms with Crippen molar-refractivity contribution < 1.29 is 19.7 Å². The van der Waals surface area contributed by atoms with Crippen molar-refractivity contribution >= 4 is 0 Å². The zero-order valence-electron chi connectivity index (χ0n) is 26.6. The number of nitrogens with zero attached hydrogens (tertiary/aromatic N) is 3. The first-order valence-corrected chi connectivity index (χ1v) is 16.0. The number of hydrogen-bond acceptors (Lipinski definition) is 7. The van der Waals surface area contributed by atoms with Gasteiger partial charge in [-0.25, -0.2) is 15.0 Å². The van der Waals surface area contributed by atoms with Gasteiger partial charge >= 0.3 is 0 Å². The Morgan fingerprint density at radius 3 is 1.33 bits per heavy atom. The van der Waals surface area contributed by atoms with Crippen LogP contribution >= 0.6 is 0 Å². The maximum atomic E-state index is 11.1. The van der Waals surface area contributed by atoms with Crippen molar-refractivity contribution in [3.05, 3.63) is 158 Å². The molecule has 0 aliphatic heterocycles. The molecule has 1 aromatic heterocycles. The lowest BCUT2D eigenvalue weighted by atomic mass is 10.0. The molecule has 7 nitrogen and oxygen atoms in total. The fourth-order valence-electron chi connectivity index (χ4n) is 5.38. The Morgan fingerprint density at radius 1 is 0.429 bits per heavy atom. The predicted octanol–water partition coefficient (Wildman–Crippen LogP) is 8.73. The summed E-state index contributed by atoms with van der Waals surface area (Å²) in [6, 6.07) is 50.7. The van der Waals surface area contributed by atoms with Crippen LogP contribution in [0.1, 0.15) is 0 Å². The van der Waals surface area contributed by atoms with E-state index in [1.165, 1.54) is 6.07 Å². The molecule has 7 rings (SSSR count). The van der Waals surface area contributed by atoms with Gasteiger partial charge in [-0.1, -0.05) is 127 Å². The second kappa shape index (κ2) is 14.6. The number of ether oxygens (including phenoxy) is 2. The van der Waals surface area contributed by atoms with E-state index in [1.807, 2.05) is 115 Å². The summed E-state index contributed by atoms with van der Waals surface area (Å²) in [4.78, 5) is 14.5. The molecule has 2 N–H and O–H groups in total. The molecule has 7 aromatic rings. The largest absolute Gasteiger partial charge is 0.507 e. The highest BCUT2D eigenvalue weighted by Crippen LogP contribution is 2.34. The van der Waals surface area contributed by atoms with Crippen LogP contribution in [0.15, 0.2) is 158 Å². The summed E-state index contributed by atoms with van der Waals surface area (Å²) in [7, 11) is 0. The number of rotatable bonds is 11. The number of phenols is 1. The molecule has 6 aromatic carbocycles. The molecular weight excluding hydrogens is 610 g/mol. The molecule has 7 heteroatoms. The summed E-state index contributed by atoms with van der Waals surface area (Å²) in [6.45, 7) is 0.0623. The second-order valence-corrected chi connectivity index (χ2v) is 11.5. The van der Waals surface area contributed by atoms with Crippen molar-refractivity contribution in [1.29, 1.82) is 0 Å². The van der Waals surface area contributed by atoms with Crippen molar-refractivity contribution in [2.24, 2.45) is 0 Å². The molecule has 1 heterocycles. The van der Waals surface area contributed by atoms with Crippen LogP contribution in [0.2, 0.25) is 0 Å². The van der Waals surface area contributed by atoms with Crippen LogP contribution in [0, 0.1) is 0 Å². The van der Waals surface area contributed by atoms with E-state index in [1.54, 1.807) is 12.1 Å². The Morgan fingerprint density at radius 2 is 0.837 bits per heavy atom. The molecule has 0 aliphatic rings. The lowest BCUT2D eigenvalue weighted by Gasteiger charge is -2.14. The molecule has 1 atom stereocenters. The van der Waals surface area contributed by atoms with Crippen molar-refractivity contribution in [3.63, 3.8) is 0 Å². The minimum absolute atomic E-state index is 0.0103. The number of phenolic OH excluding ortho intramolecular Hbond substituents is 1. The fourth-order valence-corrected chi connectivity index (χ4v) is 5.38. The van der Waals surface area contributed by atoms with Gasteiger partial charge in [0.15, 0.2) is 17.5 Å². The van der Waals surface area contributed by atoms with E-state index in [0.717, 1.165) is 33.4 Å². The molecule has 240 valence electrons. The molecule has 49 heavy (non-hydrogen) atoms. The fraction of sp³-hybridized carbons (Fsp3) is 0.0714. The van der Waals surface area contributed by atoms with Crippen molar-refractivity contribution in [2.45, 2.75) is 6.10 Å². The first-order chi connectivity index (χ1) is 24.1. The summed E-state index contributed by atoms with van der Waals surface area (Å²) in [5, 5.41) is 21.5. The van der Waals surface area contributed by atoms with Gasteiger partial charge in [0.05, 0.1) is 5.56 Å². The normalized spacial score (nSPS) is 11.5. The monoisotopic (exact) mass is 643 g/mol. The van der Waals surface area contributed by atoms with Gasteiger partial charge in [-0.05, 0) is 46.5 Å². The summed E-state index contributed by atoms with van der Waals surface area (Å²) < 4.78 is 11.4. The van der Waals surface area contributed by atoms with E-state index in [-0.39, 0.29) is 19.0 Å². The third-order valence-electron chi connectivity index (χ3n) is 7.97. The number of aromatic nitrogens is 3. The van der Waals surface area contributed by atoms with Gasteiger partial charge in [0.1, 0.15) is 36.6 Å². The molecule has 0 saturated heterocycles. The number of aromatic hydroxyl groups is 1. The summed E-state index contributed by atoms with van der Waals surface area (Å²) in [5.74, 6) is 2.27. The molecule has 0 amide bonds. The average molecular weight is 644 g/mol. The summed E-state index contributed by atoms with van der Waals surface area (Å²) >= 11 is 0. The highest BCUT2D eigenvalue weighted by atomic mass is 16.5. The predicted molar refractivity (Wildman–Crippen MR) is 192 cm³/mol. The third-order valence-corrected chi connectivity index (χ3v) is 7.97. The average Bonchev–Trinajstić information content (AvgIpc) is 3.17. The lowest BCUT2D eigenvalue weighted by molar-refractivity contribution is 0.0626. The number of benzene rings is 6. The van der Waals surface area contributed by atoms with Gasteiger partial charge in [-0.2, -0.15) is 0 Å². The lowest BCUT2D eigenvalue weighted by Crippen LogP contribution is -2.25. The molecule has 0 bridgehead atoms. The molecular formula is C42H33N3O4. The number of aliphatic hydroxyl groups is 1. The SMILES string of the molecule is Oc1cc(OCC(O)COc2ccccc2)ccc1-c1nc(-c2ccc(-c3ccccc3)cc2)nc(-c2ccc(-c3ccccc3)cc2)n1.